The van der Waals surface area contributed by atoms with Gasteiger partial charge in [0.2, 0.25) is 0 Å². The van der Waals surface area contributed by atoms with Crippen molar-refractivity contribution in [3.05, 3.63) is 13.9 Å². The zero-order valence-electron chi connectivity index (χ0n) is 6.10. The number of nitro groups is 1. The van der Waals surface area contributed by atoms with Gasteiger partial charge in [-0.3, -0.25) is 10.1 Å². The van der Waals surface area contributed by atoms with Gasteiger partial charge >= 0.3 is 5.69 Å². The highest BCUT2D eigenvalue weighted by Gasteiger charge is 2.18. The van der Waals surface area contributed by atoms with Crippen molar-refractivity contribution in [1.82, 2.24) is 0 Å². The van der Waals surface area contributed by atoms with Crippen LogP contribution in [0, 0.1) is 13.9 Å². The van der Waals surface area contributed by atoms with Gasteiger partial charge in [0.05, 0.1) is 4.92 Å². The van der Waals surface area contributed by atoms with Gasteiger partial charge in [-0.1, -0.05) is 39.8 Å². The lowest BCUT2D eigenvalue weighted by Gasteiger charge is -1.90. The van der Waals surface area contributed by atoms with Gasteiger partial charge in [0.15, 0.2) is 8.03 Å². The Labute approximate surface area is 86.0 Å². The summed E-state index contributed by atoms with van der Waals surface area (Å²) in [5, 5.41) is 10.5. The summed E-state index contributed by atoms with van der Waals surface area (Å²) in [4.78, 5) is 10.1. The zero-order valence-corrected chi connectivity index (χ0v) is 9.37. The van der Waals surface area contributed by atoms with E-state index in [0.717, 1.165) is 9.96 Å². The first-order valence-corrected chi connectivity index (χ1v) is 6.61. The molecule has 3 nitrogen and oxygen atoms in total. The molecule has 0 aromatic carbocycles. The minimum Gasteiger partial charge on any atom is -0.258 e. The molecule has 1 aromatic heterocycles. The van der Waals surface area contributed by atoms with Gasteiger partial charge in [0.25, 0.3) is 0 Å². The van der Waals surface area contributed by atoms with Crippen molar-refractivity contribution >= 4 is 50.3 Å². The lowest BCUT2D eigenvalue weighted by molar-refractivity contribution is -0.387. The predicted molar refractivity (Wildman–Crippen MR) is 56.1 cm³/mol. The van der Waals surface area contributed by atoms with Crippen molar-refractivity contribution in [3.63, 3.8) is 0 Å². The molecule has 12 heavy (non-hydrogen) atoms. The molecule has 0 unspecified atom stereocenters. The average molecular weight is 239 g/mol. The molecule has 0 aliphatic heterocycles. The highest BCUT2D eigenvalue weighted by molar-refractivity contribution is 8.03. The molecule has 0 spiro atoms. The van der Waals surface area contributed by atoms with Crippen LogP contribution in [0.5, 0.6) is 0 Å². The predicted octanol–water partition coefficient (Wildman–Crippen LogP) is 3.56. The van der Waals surface area contributed by atoms with Crippen LogP contribution in [0.2, 0.25) is 0 Å². The third-order valence-corrected chi connectivity index (χ3v) is 5.48. The second kappa shape index (κ2) is 4.31. The molecular weight excluding hydrogens is 234 g/mol. The Morgan fingerprint density at radius 1 is 1.67 bits per heavy atom. The molecule has 0 N–H and O–H groups in total. The van der Waals surface area contributed by atoms with Crippen molar-refractivity contribution < 1.29 is 4.92 Å². The molecular formula is C5H5NO2S4. The van der Waals surface area contributed by atoms with Gasteiger partial charge in [-0.25, -0.2) is 0 Å². The highest BCUT2D eigenvalue weighted by atomic mass is 32.9. The molecule has 0 atom stereocenters. The second-order valence-corrected chi connectivity index (χ2v) is 6.13. The van der Waals surface area contributed by atoms with Crippen LogP contribution in [0.25, 0.3) is 0 Å². The Bertz CT molecular complexity index is 341. The summed E-state index contributed by atoms with van der Waals surface area (Å²) < 4.78 is 1.12. The summed E-state index contributed by atoms with van der Waals surface area (Å²) in [6.45, 7) is 1.96. The fraction of sp³-hybridized carbons (Fsp3) is 0.400. The Morgan fingerprint density at radius 2 is 2.33 bits per heavy atom. The van der Waals surface area contributed by atoms with Crippen molar-refractivity contribution in [3.8, 4) is 0 Å². The molecule has 0 bridgehead atoms. The molecule has 0 amide bonds. The van der Waals surface area contributed by atoms with Crippen LogP contribution >= 0.6 is 44.7 Å². The Morgan fingerprint density at radius 3 is 2.83 bits per heavy atom. The number of thioether (sulfide) groups is 1. The molecule has 0 fully saturated rings. The second-order valence-electron chi connectivity index (χ2n) is 1.78. The molecule has 0 saturated carbocycles. The van der Waals surface area contributed by atoms with Gasteiger partial charge in [-0.2, -0.15) is 0 Å². The summed E-state index contributed by atoms with van der Waals surface area (Å²) in [6, 6.07) is 0. The molecule has 0 aliphatic carbocycles. The third kappa shape index (κ3) is 2.03. The number of nitrogens with zero attached hydrogens (tertiary/aromatic N) is 1. The van der Waals surface area contributed by atoms with Crippen LogP contribution < -0.4 is 0 Å². The van der Waals surface area contributed by atoms with E-state index >= 15 is 0 Å². The minimum absolute atomic E-state index is 0.117. The van der Waals surface area contributed by atoms with Crippen molar-refractivity contribution in [2.45, 2.75) is 11.1 Å². The molecule has 1 rings (SSSR count). The first-order chi connectivity index (χ1) is 5.66. The van der Waals surface area contributed by atoms with Gasteiger partial charge < -0.3 is 0 Å². The molecule has 0 aliphatic rings. The Kier molecular flexibility index (Phi) is 3.63. The van der Waals surface area contributed by atoms with Gasteiger partial charge in [0.1, 0.15) is 0 Å². The monoisotopic (exact) mass is 239 g/mol. The molecule has 1 aromatic rings. The largest absolute Gasteiger partial charge is 0.322 e. The average Bonchev–Trinajstić information content (AvgIpc) is 2.32. The van der Waals surface area contributed by atoms with Crippen LogP contribution in [0.15, 0.2) is 4.21 Å². The molecule has 0 saturated heterocycles. The number of hydrogen-bond acceptors (Lipinski definition) is 6. The van der Waals surface area contributed by atoms with E-state index in [4.69, 9.17) is 12.2 Å². The summed E-state index contributed by atoms with van der Waals surface area (Å²) >= 11 is 6.31. The van der Waals surface area contributed by atoms with Crippen LogP contribution in [-0.4, -0.2) is 10.7 Å². The molecule has 0 radical (unpaired) electrons. The van der Waals surface area contributed by atoms with E-state index in [2.05, 4.69) is 0 Å². The first-order valence-electron chi connectivity index (χ1n) is 3.07. The van der Waals surface area contributed by atoms with Crippen molar-refractivity contribution in [1.29, 1.82) is 0 Å². The number of hydrogen-bond donors (Lipinski definition) is 0. The smallest absolute Gasteiger partial charge is 0.258 e. The topological polar surface area (TPSA) is 43.1 Å². The zero-order chi connectivity index (χ0) is 9.14. The summed E-state index contributed by atoms with van der Waals surface area (Å²) in [5.41, 5.74) is 0.117. The summed E-state index contributed by atoms with van der Waals surface area (Å²) in [5.74, 6) is 0.836. The van der Waals surface area contributed by atoms with E-state index in [9.17, 15) is 10.1 Å². The highest BCUT2D eigenvalue weighted by Crippen LogP contribution is 2.38. The summed E-state index contributed by atoms with van der Waals surface area (Å²) in [7, 11) is 2.68. The SMILES string of the molecule is CCSc1ssc(=S)c1[N+](=O)[O-]. The quantitative estimate of drug-likeness (QED) is 0.266. The van der Waals surface area contributed by atoms with Crippen LogP contribution in [0.1, 0.15) is 6.92 Å². The Balaban J connectivity index is 3.12. The standard InChI is InChI=1S/C5H5NO2S4/c1-2-10-5-3(6(7)8)4(9)11-12-5/h2H2,1H3. The van der Waals surface area contributed by atoms with E-state index < -0.39 is 4.92 Å². The van der Waals surface area contributed by atoms with Crippen LogP contribution in [0.3, 0.4) is 0 Å². The number of rotatable bonds is 3. The van der Waals surface area contributed by atoms with Crippen molar-refractivity contribution in [2.75, 3.05) is 5.75 Å². The lowest BCUT2D eigenvalue weighted by Crippen LogP contribution is -1.86. The van der Waals surface area contributed by atoms with E-state index in [1.807, 2.05) is 6.92 Å². The maximum Gasteiger partial charge on any atom is 0.322 e. The van der Waals surface area contributed by atoms with Gasteiger partial charge in [-0.05, 0) is 5.75 Å². The fourth-order valence-electron chi connectivity index (χ4n) is 0.611. The normalized spacial score (nSPS) is 10.1. The van der Waals surface area contributed by atoms with Crippen LogP contribution in [0.4, 0.5) is 5.69 Å². The maximum absolute atomic E-state index is 10.5. The van der Waals surface area contributed by atoms with Gasteiger partial charge in [-0.15, -0.1) is 11.8 Å². The fourth-order valence-corrected chi connectivity index (χ4v) is 4.80. The first kappa shape index (κ1) is 10.1. The van der Waals surface area contributed by atoms with E-state index in [-0.39, 0.29) is 5.69 Å². The van der Waals surface area contributed by atoms with E-state index in [1.165, 1.54) is 32.4 Å². The molecule has 1 heterocycles. The lowest BCUT2D eigenvalue weighted by atomic mass is 10.7. The van der Waals surface area contributed by atoms with E-state index in [0.29, 0.717) is 3.82 Å². The summed E-state index contributed by atoms with van der Waals surface area (Å²) in [6.07, 6.45) is 0. The molecule has 7 heteroatoms. The maximum atomic E-state index is 10.5. The minimum atomic E-state index is -0.396. The van der Waals surface area contributed by atoms with E-state index in [1.54, 1.807) is 0 Å². The molecule has 66 valence electrons. The van der Waals surface area contributed by atoms with Gasteiger partial charge in [0, 0.05) is 0 Å². The Hall–Kier alpha value is 0.0200. The third-order valence-electron chi connectivity index (χ3n) is 1.04. The van der Waals surface area contributed by atoms with Crippen LogP contribution in [-0.2, 0) is 0 Å². The van der Waals surface area contributed by atoms with Crippen molar-refractivity contribution in [2.24, 2.45) is 0 Å².